The number of amides is 1. The van der Waals surface area contributed by atoms with Crippen LogP contribution >= 0.6 is 27.3 Å². The molecule has 2 aromatic rings. The Kier molecular flexibility index (Phi) is 3.83. The van der Waals surface area contributed by atoms with Crippen LogP contribution in [0.3, 0.4) is 0 Å². The van der Waals surface area contributed by atoms with Crippen LogP contribution in [0.25, 0.3) is 0 Å². The van der Waals surface area contributed by atoms with Gasteiger partial charge in [0.05, 0.1) is 0 Å². The van der Waals surface area contributed by atoms with Gasteiger partial charge in [0, 0.05) is 23.0 Å². The van der Waals surface area contributed by atoms with E-state index in [1.807, 2.05) is 0 Å². The highest BCUT2D eigenvalue weighted by molar-refractivity contribution is 9.10. The number of rotatable bonds is 3. The van der Waals surface area contributed by atoms with E-state index in [-0.39, 0.29) is 17.4 Å². The summed E-state index contributed by atoms with van der Waals surface area (Å²) in [7, 11) is 0. The molecule has 0 radical (unpaired) electrons. The number of hydrogen-bond acceptors (Lipinski definition) is 5. The van der Waals surface area contributed by atoms with Crippen molar-refractivity contribution in [2.45, 2.75) is 6.92 Å². The monoisotopic (exact) mass is 325 g/mol. The number of anilines is 1. The second kappa shape index (κ2) is 5.36. The maximum Gasteiger partial charge on any atom is 0.277 e. The summed E-state index contributed by atoms with van der Waals surface area (Å²) in [6.45, 7) is 1.43. The smallest absolute Gasteiger partial charge is 0.277 e. The van der Waals surface area contributed by atoms with Crippen molar-refractivity contribution < 1.29 is 9.59 Å². The average Bonchev–Trinajstić information content (AvgIpc) is 2.78. The first-order valence-corrected chi connectivity index (χ1v) is 6.63. The minimum absolute atomic E-state index is 0.134. The molecule has 2 heterocycles. The van der Waals surface area contributed by atoms with Gasteiger partial charge in [-0.15, -0.1) is 11.3 Å². The number of carbonyl (C=O) groups excluding carboxylic acids is 2. The molecule has 5 nitrogen and oxygen atoms in total. The molecule has 0 aliphatic heterocycles. The van der Waals surface area contributed by atoms with Gasteiger partial charge >= 0.3 is 0 Å². The fourth-order valence-corrected chi connectivity index (χ4v) is 2.38. The Bertz CT molecular complexity index is 612. The Labute approximate surface area is 115 Å². The third kappa shape index (κ3) is 2.80. The number of ketones is 1. The molecule has 0 unspecified atom stereocenters. The molecule has 0 fully saturated rings. The molecule has 1 amide bonds. The topological polar surface area (TPSA) is 72.0 Å². The molecule has 0 atom stereocenters. The van der Waals surface area contributed by atoms with Crippen molar-refractivity contribution >= 4 is 44.1 Å². The van der Waals surface area contributed by atoms with Crippen LogP contribution in [0, 0.1) is 0 Å². The number of hydrogen-bond donors (Lipinski definition) is 1. The first-order valence-electron chi connectivity index (χ1n) is 4.96. The Morgan fingerprint density at radius 3 is 2.83 bits per heavy atom. The van der Waals surface area contributed by atoms with Crippen LogP contribution in [0.15, 0.2) is 28.2 Å². The molecule has 0 aliphatic rings. The number of thiazole rings is 1. The molecule has 2 aromatic heterocycles. The van der Waals surface area contributed by atoms with Gasteiger partial charge in [0.2, 0.25) is 0 Å². The molecular weight excluding hydrogens is 318 g/mol. The van der Waals surface area contributed by atoms with Gasteiger partial charge in [-0.1, -0.05) is 0 Å². The van der Waals surface area contributed by atoms with Crippen molar-refractivity contribution in [3.05, 3.63) is 39.6 Å². The third-order valence-electron chi connectivity index (χ3n) is 2.06. The summed E-state index contributed by atoms with van der Waals surface area (Å²) < 4.78 is 0.603. The maximum atomic E-state index is 11.9. The number of halogens is 1. The van der Waals surface area contributed by atoms with E-state index in [1.54, 1.807) is 17.5 Å². The summed E-state index contributed by atoms with van der Waals surface area (Å²) >= 11 is 4.44. The van der Waals surface area contributed by atoms with E-state index >= 15 is 0 Å². The molecule has 0 saturated heterocycles. The van der Waals surface area contributed by atoms with E-state index in [2.05, 4.69) is 31.2 Å². The molecule has 0 saturated carbocycles. The number of pyridine rings is 1. The van der Waals surface area contributed by atoms with E-state index in [4.69, 9.17) is 0 Å². The van der Waals surface area contributed by atoms with Gasteiger partial charge < -0.3 is 0 Å². The van der Waals surface area contributed by atoms with Gasteiger partial charge in [0.1, 0.15) is 11.4 Å². The zero-order chi connectivity index (χ0) is 13.1. The van der Waals surface area contributed by atoms with Crippen LogP contribution < -0.4 is 5.32 Å². The molecule has 0 aromatic carbocycles. The largest absolute Gasteiger partial charge is 0.296 e. The van der Waals surface area contributed by atoms with Gasteiger partial charge in [-0.25, -0.2) is 9.97 Å². The van der Waals surface area contributed by atoms with Crippen molar-refractivity contribution in [3.63, 3.8) is 0 Å². The lowest BCUT2D eigenvalue weighted by Crippen LogP contribution is -2.14. The Morgan fingerprint density at radius 2 is 2.22 bits per heavy atom. The van der Waals surface area contributed by atoms with Gasteiger partial charge in [-0.3, -0.25) is 14.9 Å². The molecule has 92 valence electrons. The quantitative estimate of drug-likeness (QED) is 0.881. The average molecular weight is 326 g/mol. The summed E-state index contributed by atoms with van der Waals surface area (Å²) in [5.41, 5.74) is 0.618. The number of nitrogens with one attached hydrogen (secondary N) is 1. The van der Waals surface area contributed by atoms with Gasteiger partial charge in [-0.2, -0.15) is 0 Å². The highest BCUT2D eigenvalue weighted by atomic mass is 79.9. The van der Waals surface area contributed by atoms with Crippen molar-refractivity contribution in [2.75, 3.05) is 5.32 Å². The van der Waals surface area contributed by atoms with E-state index in [0.29, 0.717) is 15.3 Å². The highest BCUT2D eigenvalue weighted by Crippen LogP contribution is 2.19. The number of aromatic nitrogens is 2. The normalized spacial score (nSPS) is 10.1. The second-order valence-electron chi connectivity index (χ2n) is 3.38. The number of carbonyl (C=O) groups is 2. The molecule has 0 spiro atoms. The van der Waals surface area contributed by atoms with Crippen LogP contribution in [0.2, 0.25) is 0 Å². The lowest BCUT2D eigenvalue weighted by atomic mass is 10.3. The lowest BCUT2D eigenvalue weighted by molar-refractivity contribution is 0.100. The first kappa shape index (κ1) is 12.8. The Balaban J connectivity index is 2.16. The van der Waals surface area contributed by atoms with Crippen LogP contribution in [-0.4, -0.2) is 21.7 Å². The molecule has 0 aliphatic carbocycles. The minimum Gasteiger partial charge on any atom is -0.296 e. The Hall–Kier alpha value is -1.60. The maximum absolute atomic E-state index is 11.9. The van der Waals surface area contributed by atoms with Crippen LogP contribution in [0.4, 0.5) is 5.13 Å². The van der Waals surface area contributed by atoms with Crippen molar-refractivity contribution in [1.82, 2.24) is 9.97 Å². The molecule has 18 heavy (non-hydrogen) atoms. The van der Waals surface area contributed by atoms with E-state index in [9.17, 15) is 9.59 Å². The van der Waals surface area contributed by atoms with Crippen molar-refractivity contribution in [3.8, 4) is 0 Å². The molecule has 1 N–H and O–H groups in total. The highest BCUT2D eigenvalue weighted by Gasteiger charge is 2.14. The van der Waals surface area contributed by atoms with E-state index in [0.717, 1.165) is 0 Å². The fraction of sp³-hybridized carbons (Fsp3) is 0.0909. The summed E-state index contributed by atoms with van der Waals surface area (Å²) in [6.07, 6.45) is 1.53. The summed E-state index contributed by atoms with van der Waals surface area (Å²) in [6, 6.07) is 3.45. The predicted molar refractivity (Wildman–Crippen MR) is 72.0 cm³/mol. The zero-order valence-corrected chi connectivity index (χ0v) is 11.7. The SMILES string of the molecule is CC(=O)c1csc(NC(=O)c2ncccc2Br)n1. The third-order valence-corrected chi connectivity index (χ3v) is 3.46. The standard InChI is InChI=1S/C11H8BrN3O2S/c1-6(16)8-5-18-11(14-8)15-10(17)9-7(12)3-2-4-13-9/h2-5H,1H3,(H,14,15,17). The predicted octanol–water partition coefficient (Wildman–Crippen LogP) is 2.76. The van der Waals surface area contributed by atoms with E-state index < -0.39 is 0 Å². The summed E-state index contributed by atoms with van der Waals surface area (Å²) in [4.78, 5) is 30.9. The zero-order valence-electron chi connectivity index (χ0n) is 9.31. The minimum atomic E-state index is -0.369. The van der Waals surface area contributed by atoms with Crippen molar-refractivity contribution in [2.24, 2.45) is 0 Å². The molecule has 2 rings (SSSR count). The van der Waals surface area contributed by atoms with Gasteiger partial charge in [-0.05, 0) is 28.1 Å². The molecule has 7 heteroatoms. The van der Waals surface area contributed by atoms with Gasteiger partial charge in [0.15, 0.2) is 10.9 Å². The van der Waals surface area contributed by atoms with Crippen LogP contribution in [0.1, 0.15) is 27.9 Å². The number of Topliss-reactive ketones (excluding diaryl/α,β-unsaturated/α-hetero) is 1. The Morgan fingerprint density at radius 1 is 1.44 bits per heavy atom. The molecule has 0 bridgehead atoms. The second-order valence-corrected chi connectivity index (χ2v) is 5.09. The number of nitrogens with zero attached hydrogens (tertiary/aromatic N) is 2. The van der Waals surface area contributed by atoms with Crippen molar-refractivity contribution in [1.29, 1.82) is 0 Å². The molecular formula is C11H8BrN3O2S. The summed E-state index contributed by atoms with van der Waals surface area (Å²) in [5.74, 6) is -0.502. The lowest BCUT2D eigenvalue weighted by Gasteiger charge is -2.02. The first-order chi connectivity index (χ1) is 8.58. The summed E-state index contributed by atoms with van der Waals surface area (Å²) in [5, 5.41) is 4.58. The van der Waals surface area contributed by atoms with Crippen LogP contribution in [0.5, 0.6) is 0 Å². The van der Waals surface area contributed by atoms with Gasteiger partial charge in [0.25, 0.3) is 5.91 Å². The van der Waals surface area contributed by atoms with Crippen LogP contribution in [-0.2, 0) is 0 Å². The van der Waals surface area contributed by atoms with E-state index in [1.165, 1.54) is 24.5 Å². The fourth-order valence-electron chi connectivity index (χ4n) is 1.20.